The van der Waals surface area contributed by atoms with Gasteiger partial charge in [0.25, 0.3) is 10.0 Å². The maximum atomic E-state index is 12.6. The Labute approximate surface area is 200 Å². The van der Waals surface area contributed by atoms with Gasteiger partial charge in [-0.15, -0.1) is 11.3 Å². The zero-order valence-corrected chi connectivity index (χ0v) is 19.9. The number of anilines is 1. The fourth-order valence-electron chi connectivity index (χ4n) is 3.08. The van der Waals surface area contributed by atoms with Crippen LogP contribution in [0.25, 0.3) is 5.69 Å². The van der Waals surface area contributed by atoms with Gasteiger partial charge < -0.3 is 4.74 Å². The number of nitrogens with one attached hydrogen (secondary N) is 1. The molecule has 0 atom stereocenters. The van der Waals surface area contributed by atoms with E-state index in [0.717, 1.165) is 22.6 Å². The van der Waals surface area contributed by atoms with Crippen LogP contribution < -0.4 is 9.46 Å². The van der Waals surface area contributed by atoms with E-state index in [-0.39, 0.29) is 27.3 Å². The third-order valence-corrected chi connectivity index (χ3v) is 7.04. The summed E-state index contributed by atoms with van der Waals surface area (Å²) in [7, 11) is -3.89. The monoisotopic (exact) mass is 499 g/mol. The molecular weight excluding hydrogens is 482 g/mol. The summed E-state index contributed by atoms with van der Waals surface area (Å²) < 4.78 is 35.4. The number of aromatic nitrogens is 3. The van der Waals surface area contributed by atoms with Crippen LogP contribution in [0, 0.1) is 11.3 Å². The number of benzene rings is 2. The van der Waals surface area contributed by atoms with Crippen molar-refractivity contribution in [1.29, 1.82) is 5.26 Å². The summed E-state index contributed by atoms with van der Waals surface area (Å²) in [6.07, 6.45) is 4.76. The second kappa shape index (κ2) is 9.23. The zero-order chi connectivity index (χ0) is 23.6. The fourth-order valence-corrected chi connectivity index (χ4v) is 5.03. The molecule has 0 bridgehead atoms. The Kier molecular flexibility index (Phi) is 6.37. The number of ether oxygens (including phenoxy) is 1. The maximum absolute atomic E-state index is 12.6. The van der Waals surface area contributed by atoms with E-state index >= 15 is 0 Å². The summed E-state index contributed by atoms with van der Waals surface area (Å²) in [5.41, 5.74) is 1.80. The summed E-state index contributed by atoms with van der Waals surface area (Å²) >= 11 is 7.14. The van der Waals surface area contributed by atoms with Crippen LogP contribution in [-0.2, 0) is 10.0 Å². The first kappa shape index (κ1) is 22.8. The van der Waals surface area contributed by atoms with Crippen molar-refractivity contribution in [2.45, 2.75) is 24.7 Å². The van der Waals surface area contributed by atoms with E-state index in [2.05, 4.69) is 14.8 Å². The Bertz CT molecular complexity index is 1440. The standard InChI is InChI=1S/C22H18ClN5O3S2/c1-14(2)19-10-17(28-13-16(23)12-26-28)3-5-21(19)31-20-6-4-18(9-15(20)11-24)33(29,30)27-22-25-7-8-32-22/h3-10,12-14H,1-2H3,(H,25,27). The van der Waals surface area contributed by atoms with Crippen LogP contribution in [0.5, 0.6) is 11.5 Å². The van der Waals surface area contributed by atoms with Crippen molar-refractivity contribution in [3.8, 4) is 23.3 Å². The van der Waals surface area contributed by atoms with Crippen molar-refractivity contribution in [3.05, 3.63) is 76.5 Å². The summed E-state index contributed by atoms with van der Waals surface area (Å²) in [6.45, 7) is 4.04. The molecule has 0 amide bonds. The van der Waals surface area contributed by atoms with Crippen molar-refractivity contribution >= 4 is 38.1 Å². The topological polar surface area (TPSA) is 110 Å². The van der Waals surface area contributed by atoms with Crippen LogP contribution in [0.15, 0.2) is 65.3 Å². The van der Waals surface area contributed by atoms with Gasteiger partial charge in [0.05, 0.1) is 27.4 Å². The van der Waals surface area contributed by atoms with Gasteiger partial charge in [-0.3, -0.25) is 4.72 Å². The minimum atomic E-state index is -3.89. The van der Waals surface area contributed by atoms with Crippen LogP contribution in [0.4, 0.5) is 5.13 Å². The number of thiazole rings is 1. The molecule has 0 aliphatic carbocycles. The molecule has 0 saturated heterocycles. The molecular formula is C22H18ClN5O3S2. The lowest BCUT2D eigenvalue weighted by molar-refractivity contribution is 0.471. The van der Waals surface area contributed by atoms with Gasteiger partial charge in [0.15, 0.2) is 5.13 Å². The Balaban J connectivity index is 1.65. The molecule has 4 aromatic rings. The predicted molar refractivity (Wildman–Crippen MR) is 127 cm³/mol. The van der Waals surface area contributed by atoms with Gasteiger partial charge in [0.1, 0.15) is 17.6 Å². The molecule has 0 unspecified atom stereocenters. The Morgan fingerprint density at radius 3 is 2.64 bits per heavy atom. The number of rotatable bonds is 7. The number of sulfonamides is 1. The van der Waals surface area contributed by atoms with Gasteiger partial charge in [-0.05, 0) is 47.9 Å². The number of hydrogen-bond donors (Lipinski definition) is 1. The second-order valence-electron chi connectivity index (χ2n) is 7.29. The molecule has 1 N–H and O–H groups in total. The Morgan fingerprint density at radius 1 is 1.21 bits per heavy atom. The van der Waals surface area contributed by atoms with Gasteiger partial charge in [-0.25, -0.2) is 18.1 Å². The first-order valence-electron chi connectivity index (χ1n) is 9.75. The highest BCUT2D eigenvalue weighted by atomic mass is 35.5. The van der Waals surface area contributed by atoms with Crippen molar-refractivity contribution in [2.75, 3.05) is 4.72 Å². The third-order valence-electron chi connectivity index (χ3n) is 4.69. The lowest BCUT2D eigenvalue weighted by Crippen LogP contribution is -2.13. The van der Waals surface area contributed by atoms with E-state index in [1.54, 1.807) is 28.5 Å². The molecule has 2 aromatic carbocycles. The van der Waals surface area contributed by atoms with E-state index in [1.165, 1.54) is 24.4 Å². The molecule has 0 aliphatic heterocycles. The maximum Gasteiger partial charge on any atom is 0.263 e. The van der Waals surface area contributed by atoms with Crippen LogP contribution in [-0.4, -0.2) is 23.2 Å². The minimum Gasteiger partial charge on any atom is -0.456 e. The fraction of sp³-hybridized carbons (Fsp3) is 0.136. The average molecular weight is 500 g/mol. The number of nitriles is 1. The predicted octanol–water partition coefficient (Wildman–Crippen LogP) is 5.57. The molecule has 2 heterocycles. The van der Waals surface area contributed by atoms with E-state index < -0.39 is 10.0 Å². The van der Waals surface area contributed by atoms with Gasteiger partial charge >= 0.3 is 0 Å². The summed E-state index contributed by atoms with van der Waals surface area (Å²) in [5, 5.41) is 16.3. The van der Waals surface area contributed by atoms with Crippen LogP contribution in [0.1, 0.15) is 30.9 Å². The minimum absolute atomic E-state index is 0.0587. The number of halogens is 1. The van der Waals surface area contributed by atoms with Gasteiger partial charge in [0.2, 0.25) is 0 Å². The molecule has 0 saturated carbocycles. The largest absolute Gasteiger partial charge is 0.456 e. The normalized spacial score (nSPS) is 11.4. The van der Waals surface area contributed by atoms with Gasteiger partial charge in [0, 0.05) is 17.8 Å². The van der Waals surface area contributed by atoms with E-state index in [1.807, 2.05) is 32.0 Å². The molecule has 8 nitrogen and oxygen atoms in total. The summed E-state index contributed by atoms with van der Waals surface area (Å²) in [5.74, 6) is 0.918. The zero-order valence-electron chi connectivity index (χ0n) is 17.6. The average Bonchev–Trinajstić information content (AvgIpc) is 3.45. The van der Waals surface area contributed by atoms with E-state index in [9.17, 15) is 13.7 Å². The second-order valence-corrected chi connectivity index (χ2v) is 10.3. The highest BCUT2D eigenvalue weighted by Gasteiger charge is 2.19. The smallest absolute Gasteiger partial charge is 0.263 e. The molecule has 0 spiro atoms. The lowest BCUT2D eigenvalue weighted by atomic mass is 10.0. The van der Waals surface area contributed by atoms with Gasteiger partial charge in [-0.1, -0.05) is 25.4 Å². The van der Waals surface area contributed by atoms with Gasteiger partial charge in [-0.2, -0.15) is 10.4 Å². The molecule has 0 fully saturated rings. The third kappa shape index (κ3) is 5.01. The lowest BCUT2D eigenvalue weighted by Gasteiger charge is -2.16. The molecule has 4 rings (SSSR count). The Hall–Kier alpha value is -3.39. The SMILES string of the molecule is CC(C)c1cc(-n2cc(Cl)cn2)ccc1Oc1ccc(S(=O)(=O)Nc2nccs2)cc1C#N. The van der Waals surface area contributed by atoms with Crippen molar-refractivity contribution in [1.82, 2.24) is 14.8 Å². The highest BCUT2D eigenvalue weighted by molar-refractivity contribution is 7.93. The van der Waals surface area contributed by atoms with Crippen LogP contribution >= 0.6 is 22.9 Å². The molecule has 11 heteroatoms. The van der Waals surface area contributed by atoms with E-state index in [4.69, 9.17) is 16.3 Å². The molecule has 0 radical (unpaired) electrons. The van der Waals surface area contributed by atoms with Crippen LogP contribution in [0.2, 0.25) is 5.02 Å². The Morgan fingerprint density at radius 2 is 2.00 bits per heavy atom. The number of nitrogens with zero attached hydrogens (tertiary/aromatic N) is 4. The molecule has 2 aromatic heterocycles. The molecule has 0 aliphatic rings. The highest BCUT2D eigenvalue weighted by Crippen LogP contribution is 2.34. The number of hydrogen-bond acceptors (Lipinski definition) is 7. The quantitative estimate of drug-likeness (QED) is 0.356. The van der Waals surface area contributed by atoms with Crippen molar-refractivity contribution in [3.63, 3.8) is 0 Å². The van der Waals surface area contributed by atoms with Crippen molar-refractivity contribution in [2.24, 2.45) is 0 Å². The summed E-state index contributed by atoms with van der Waals surface area (Å²) in [4.78, 5) is 3.87. The molecule has 33 heavy (non-hydrogen) atoms. The van der Waals surface area contributed by atoms with Crippen LogP contribution in [0.3, 0.4) is 0 Å². The summed E-state index contributed by atoms with van der Waals surface area (Å²) in [6, 6.07) is 11.7. The first-order valence-corrected chi connectivity index (χ1v) is 12.5. The van der Waals surface area contributed by atoms with E-state index in [0.29, 0.717) is 10.8 Å². The first-order chi connectivity index (χ1) is 15.8. The molecule has 168 valence electrons. The van der Waals surface area contributed by atoms with Crippen molar-refractivity contribution < 1.29 is 13.2 Å².